The summed E-state index contributed by atoms with van der Waals surface area (Å²) >= 11 is 0. The smallest absolute Gasteiger partial charge is 0.0252 e. The minimum absolute atomic E-state index is 0.266. The van der Waals surface area contributed by atoms with E-state index in [0.717, 1.165) is 19.5 Å². The predicted octanol–water partition coefficient (Wildman–Crippen LogP) is 1.86. The molecule has 0 amide bonds. The summed E-state index contributed by atoms with van der Waals surface area (Å²) in [5.41, 5.74) is 0.266. The lowest BCUT2D eigenvalue weighted by atomic mass is 10.1. The van der Waals surface area contributed by atoms with Crippen LogP contribution in [-0.2, 0) is 0 Å². The molecule has 0 aromatic heterocycles. The van der Waals surface area contributed by atoms with Crippen LogP contribution in [0.25, 0.3) is 0 Å². The zero-order valence-corrected chi connectivity index (χ0v) is 10.2. The highest BCUT2D eigenvalue weighted by molar-refractivity contribution is 4.85. The van der Waals surface area contributed by atoms with Crippen molar-refractivity contribution < 1.29 is 0 Å². The topological polar surface area (TPSA) is 15.3 Å². The van der Waals surface area contributed by atoms with E-state index in [1.54, 1.807) is 0 Å². The van der Waals surface area contributed by atoms with Crippen molar-refractivity contribution >= 4 is 0 Å². The van der Waals surface area contributed by atoms with Gasteiger partial charge in [-0.3, -0.25) is 0 Å². The highest BCUT2D eigenvalue weighted by Crippen LogP contribution is 2.11. The molecule has 15 heavy (non-hydrogen) atoms. The van der Waals surface area contributed by atoms with Gasteiger partial charge in [-0.1, -0.05) is 0 Å². The third-order valence-electron chi connectivity index (χ3n) is 2.92. The zero-order chi connectivity index (χ0) is 11.1. The molecule has 1 N–H and O–H groups in total. The molecule has 1 rings (SSSR count). The average molecular weight is 208 g/mol. The maximum absolute atomic E-state index is 5.24. The summed E-state index contributed by atoms with van der Waals surface area (Å²) in [6.45, 7) is 9.30. The van der Waals surface area contributed by atoms with Gasteiger partial charge in [0, 0.05) is 18.5 Å². The Morgan fingerprint density at radius 1 is 1.40 bits per heavy atom. The third kappa shape index (κ3) is 5.20. The molecule has 0 atom stereocenters. The molecule has 0 unspecified atom stereocenters. The van der Waals surface area contributed by atoms with Crippen LogP contribution in [0.4, 0.5) is 0 Å². The summed E-state index contributed by atoms with van der Waals surface area (Å²) in [4.78, 5) is 2.57. The summed E-state index contributed by atoms with van der Waals surface area (Å²) in [7, 11) is 0. The number of hydrogen-bond acceptors (Lipinski definition) is 2. The van der Waals surface area contributed by atoms with Crippen LogP contribution in [0.3, 0.4) is 0 Å². The fourth-order valence-electron chi connectivity index (χ4n) is 2.18. The van der Waals surface area contributed by atoms with Gasteiger partial charge in [-0.05, 0) is 52.7 Å². The molecule has 1 aliphatic rings. The van der Waals surface area contributed by atoms with E-state index in [9.17, 15) is 0 Å². The molecule has 1 heterocycles. The van der Waals surface area contributed by atoms with E-state index in [1.807, 2.05) is 0 Å². The predicted molar refractivity (Wildman–Crippen MR) is 65.8 cm³/mol. The van der Waals surface area contributed by atoms with Crippen molar-refractivity contribution in [1.82, 2.24) is 10.2 Å². The normalized spacial score (nSPS) is 21.9. The second-order valence-electron chi connectivity index (χ2n) is 5.10. The molecule has 0 saturated carbocycles. The van der Waals surface area contributed by atoms with Gasteiger partial charge >= 0.3 is 0 Å². The van der Waals surface area contributed by atoms with Crippen molar-refractivity contribution in [3.8, 4) is 12.3 Å². The Kier molecular flexibility index (Phi) is 5.14. The Balaban J connectivity index is 2.25. The van der Waals surface area contributed by atoms with Crippen LogP contribution < -0.4 is 5.32 Å². The first-order valence-corrected chi connectivity index (χ1v) is 6.05. The maximum atomic E-state index is 5.24. The molecule has 0 aromatic rings. The summed E-state index contributed by atoms with van der Waals surface area (Å²) in [6.07, 6.45) is 9.83. The summed E-state index contributed by atoms with van der Waals surface area (Å²) < 4.78 is 0. The molecule has 86 valence electrons. The van der Waals surface area contributed by atoms with E-state index < -0.39 is 0 Å². The van der Waals surface area contributed by atoms with Crippen LogP contribution in [0.2, 0.25) is 0 Å². The monoisotopic (exact) mass is 208 g/mol. The van der Waals surface area contributed by atoms with Crippen molar-refractivity contribution in [2.45, 2.75) is 45.1 Å². The number of terminal acetylenes is 1. The Morgan fingerprint density at radius 3 is 2.93 bits per heavy atom. The fourth-order valence-corrected chi connectivity index (χ4v) is 2.18. The van der Waals surface area contributed by atoms with E-state index >= 15 is 0 Å². The molecular weight excluding hydrogens is 184 g/mol. The molecule has 0 bridgehead atoms. The van der Waals surface area contributed by atoms with E-state index in [1.165, 1.54) is 32.4 Å². The first kappa shape index (κ1) is 12.5. The number of nitrogens with one attached hydrogen (secondary N) is 1. The summed E-state index contributed by atoms with van der Waals surface area (Å²) in [5.74, 6) is 2.70. The molecule has 1 fully saturated rings. The SMILES string of the molecule is C#CCCCCN1CCCNC(C)(C)C1. The third-order valence-corrected chi connectivity index (χ3v) is 2.92. The van der Waals surface area contributed by atoms with Gasteiger partial charge in [-0.2, -0.15) is 0 Å². The van der Waals surface area contributed by atoms with Crippen molar-refractivity contribution in [3.05, 3.63) is 0 Å². The van der Waals surface area contributed by atoms with Gasteiger partial charge in [0.15, 0.2) is 0 Å². The minimum atomic E-state index is 0.266. The van der Waals surface area contributed by atoms with Crippen LogP contribution in [0.15, 0.2) is 0 Å². The molecule has 0 radical (unpaired) electrons. The Hall–Kier alpha value is -0.520. The van der Waals surface area contributed by atoms with Crippen LogP contribution in [-0.4, -0.2) is 36.6 Å². The summed E-state index contributed by atoms with van der Waals surface area (Å²) in [6, 6.07) is 0. The number of rotatable bonds is 4. The van der Waals surface area contributed by atoms with Gasteiger partial charge < -0.3 is 10.2 Å². The average Bonchev–Trinajstić information content (AvgIpc) is 2.34. The van der Waals surface area contributed by atoms with Gasteiger partial charge in [0.1, 0.15) is 0 Å². The molecule has 0 spiro atoms. The lowest BCUT2D eigenvalue weighted by Gasteiger charge is -2.29. The fraction of sp³-hybridized carbons (Fsp3) is 0.846. The molecular formula is C13H24N2. The highest BCUT2D eigenvalue weighted by Gasteiger charge is 2.23. The second-order valence-corrected chi connectivity index (χ2v) is 5.10. The molecule has 1 saturated heterocycles. The highest BCUT2D eigenvalue weighted by atomic mass is 15.2. The van der Waals surface area contributed by atoms with E-state index in [2.05, 4.69) is 30.0 Å². The first-order valence-electron chi connectivity index (χ1n) is 6.05. The van der Waals surface area contributed by atoms with Crippen LogP contribution in [0, 0.1) is 12.3 Å². The molecule has 0 aliphatic carbocycles. The van der Waals surface area contributed by atoms with E-state index in [-0.39, 0.29) is 5.54 Å². The van der Waals surface area contributed by atoms with Gasteiger partial charge in [0.2, 0.25) is 0 Å². The van der Waals surface area contributed by atoms with Crippen molar-refractivity contribution in [1.29, 1.82) is 0 Å². The lowest BCUT2D eigenvalue weighted by Crippen LogP contribution is -2.46. The largest absolute Gasteiger partial charge is 0.310 e. The number of hydrogen-bond donors (Lipinski definition) is 1. The van der Waals surface area contributed by atoms with Crippen LogP contribution in [0.1, 0.15) is 39.5 Å². The van der Waals surface area contributed by atoms with Gasteiger partial charge in [0.25, 0.3) is 0 Å². The van der Waals surface area contributed by atoms with E-state index in [0.29, 0.717) is 0 Å². The molecule has 2 heteroatoms. The summed E-state index contributed by atoms with van der Waals surface area (Å²) in [5, 5.41) is 3.58. The van der Waals surface area contributed by atoms with Gasteiger partial charge in [-0.15, -0.1) is 12.3 Å². The second kappa shape index (κ2) is 6.15. The van der Waals surface area contributed by atoms with Gasteiger partial charge in [-0.25, -0.2) is 0 Å². The molecule has 0 aromatic carbocycles. The number of nitrogens with zero attached hydrogens (tertiary/aromatic N) is 1. The maximum Gasteiger partial charge on any atom is 0.0252 e. The lowest BCUT2D eigenvalue weighted by molar-refractivity contribution is 0.227. The first-order chi connectivity index (χ1) is 7.14. The van der Waals surface area contributed by atoms with Crippen LogP contribution in [0.5, 0.6) is 0 Å². The molecule has 2 nitrogen and oxygen atoms in total. The molecule has 1 aliphatic heterocycles. The standard InChI is InChI=1S/C13H24N2/c1-4-5-6-7-10-15-11-8-9-14-13(2,3)12-15/h1,14H,5-12H2,2-3H3. The van der Waals surface area contributed by atoms with Crippen LogP contribution >= 0.6 is 0 Å². The van der Waals surface area contributed by atoms with Gasteiger partial charge in [0.05, 0.1) is 0 Å². The van der Waals surface area contributed by atoms with E-state index in [4.69, 9.17) is 6.42 Å². The number of unbranched alkanes of at least 4 members (excludes halogenated alkanes) is 2. The minimum Gasteiger partial charge on any atom is -0.310 e. The van der Waals surface area contributed by atoms with Crippen molar-refractivity contribution in [2.75, 3.05) is 26.2 Å². The Bertz CT molecular complexity index is 215. The quantitative estimate of drug-likeness (QED) is 0.560. The Morgan fingerprint density at radius 2 is 2.20 bits per heavy atom. The Labute approximate surface area is 94.4 Å². The van der Waals surface area contributed by atoms with Crippen molar-refractivity contribution in [2.24, 2.45) is 0 Å². The van der Waals surface area contributed by atoms with Crippen molar-refractivity contribution in [3.63, 3.8) is 0 Å². The zero-order valence-electron chi connectivity index (χ0n) is 10.2.